The van der Waals surface area contributed by atoms with Crippen LogP contribution in [-0.4, -0.2) is 12.2 Å². The van der Waals surface area contributed by atoms with E-state index in [1.807, 2.05) is 0 Å². The molecule has 0 heterocycles. The number of rotatable bonds is 2. The minimum Gasteiger partial charge on any atom is -0.563 e. The maximum Gasteiger partial charge on any atom is 2.00 e. The molecule has 0 spiro atoms. The molecule has 0 aliphatic rings. The molecule has 9 heteroatoms. The van der Waals surface area contributed by atoms with Crippen LogP contribution in [0.3, 0.4) is 0 Å². The summed E-state index contributed by atoms with van der Waals surface area (Å²) in [6.07, 6.45) is 0. The van der Waals surface area contributed by atoms with Crippen molar-refractivity contribution < 1.29 is 49.4 Å². The van der Waals surface area contributed by atoms with Gasteiger partial charge in [-0.1, -0.05) is 0 Å². The predicted octanol–water partition coefficient (Wildman–Crippen LogP) is -1.36. The van der Waals surface area contributed by atoms with Gasteiger partial charge in [0, 0.05) is 7.11 Å². The van der Waals surface area contributed by atoms with E-state index in [2.05, 4.69) is 4.31 Å². The Morgan fingerprint density at radius 1 is 1.20 bits per heavy atom. The molecule has 2 atom stereocenters. The van der Waals surface area contributed by atoms with Crippen LogP contribution in [0.15, 0.2) is 0 Å². The molecule has 0 aromatic heterocycles. The first-order chi connectivity index (χ1) is 4.13. The van der Waals surface area contributed by atoms with Crippen molar-refractivity contribution in [2.24, 2.45) is 0 Å². The average Bonchev–Trinajstić information content (AvgIpc) is 1.68. The molecule has 0 rings (SSSR count). The Bertz CT molecular complexity index is 91.9. The van der Waals surface area contributed by atoms with E-state index in [4.69, 9.17) is 5.11 Å². The van der Waals surface area contributed by atoms with Crippen LogP contribution in [0.2, 0.25) is 0 Å². The Hall–Kier alpha value is 0.728. The molecule has 0 bridgehead atoms. The molecule has 0 aromatic carbocycles. The number of aliphatic hydroxyl groups is 1. The van der Waals surface area contributed by atoms with E-state index in [0.717, 1.165) is 7.11 Å². The fourth-order valence-electron chi connectivity index (χ4n) is 0.0544. The Kier molecular flexibility index (Phi) is 21.1. The maximum absolute atomic E-state index is 9.24. The molecular weight excluding hydrogens is 365 g/mol. The maximum atomic E-state index is 9.24. The van der Waals surface area contributed by atoms with E-state index >= 15 is 0 Å². The van der Waals surface area contributed by atoms with Crippen LogP contribution in [0.4, 0.5) is 0 Å². The Labute approximate surface area is 73.4 Å². The second kappa shape index (κ2) is 12.4. The molecule has 1 N–H and O–H groups in total. The molecule has 0 radical (unpaired) electrons. The van der Waals surface area contributed by atoms with Crippen LogP contribution in [0.5, 0.6) is 0 Å². The van der Waals surface area contributed by atoms with Crippen LogP contribution >= 0.6 is 16.5 Å². The van der Waals surface area contributed by atoms with Crippen molar-refractivity contribution in [2.45, 2.75) is 0 Å². The van der Waals surface area contributed by atoms with Gasteiger partial charge in [0.05, 0.1) is 0 Å². The zero-order chi connectivity index (χ0) is 7.86. The molecule has 6 nitrogen and oxygen atoms in total. The van der Waals surface area contributed by atoms with Crippen molar-refractivity contribution >= 4 is 16.5 Å². The van der Waals surface area contributed by atoms with E-state index in [-0.39, 0.29) is 21.1 Å². The third kappa shape index (κ3) is 23.3. The first kappa shape index (κ1) is 17.0. The summed E-state index contributed by atoms with van der Waals surface area (Å²) in [5, 5.41) is 7.00. The molecule has 0 aromatic rings. The van der Waals surface area contributed by atoms with Crippen LogP contribution in [-0.2, 0) is 34.5 Å². The van der Waals surface area contributed by atoms with E-state index in [9.17, 15) is 18.9 Å². The SMILES string of the molecule is CO.O=[P+]([O-])O[P+](=O)[O-].[Pt+2]. The smallest absolute Gasteiger partial charge is 0.563 e. The van der Waals surface area contributed by atoms with Crippen molar-refractivity contribution in [1.29, 1.82) is 0 Å². The van der Waals surface area contributed by atoms with Crippen LogP contribution in [0.25, 0.3) is 0 Å². The molecule has 0 aliphatic carbocycles. The van der Waals surface area contributed by atoms with Gasteiger partial charge < -0.3 is 14.9 Å². The van der Waals surface area contributed by atoms with Gasteiger partial charge in [-0.25, -0.2) is 0 Å². The number of aliphatic hydroxyl groups excluding tert-OH is 1. The fraction of sp³-hybridized carbons (Fsp3) is 1.00. The Balaban J connectivity index is -0.000000149. The Morgan fingerprint density at radius 3 is 1.40 bits per heavy atom. The van der Waals surface area contributed by atoms with Crippen LogP contribution in [0.1, 0.15) is 0 Å². The third-order valence-electron chi connectivity index (χ3n) is 0.133. The molecule has 62 valence electrons. The van der Waals surface area contributed by atoms with Crippen molar-refractivity contribution in [3.05, 3.63) is 0 Å². The minimum atomic E-state index is -3.24. The summed E-state index contributed by atoms with van der Waals surface area (Å²) in [5.74, 6) is 0. The van der Waals surface area contributed by atoms with Gasteiger partial charge in [-0.15, -0.1) is 0 Å². The summed E-state index contributed by atoms with van der Waals surface area (Å²) in [6.45, 7) is 0. The number of hydrogen-bond acceptors (Lipinski definition) is 6. The van der Waals surface area contributed by atoms with Gasteiger partial charge in [0.2, 0.25) is 0 Å². The second-order valence-corrected chi connectivity index (χ2v) is 2.08. The van der Waals surface area contributed by atoms with E-state index in [1.165, 1.54) is 0 Å². The standard InChI is InChI=1S/CH4O.O5P2.Pt/c1-2;1-6(2)5-7(3)4;/h2H,1H3;;/q;;+2. The first-order valence-electron chi connectivity index (χ1n) is 1.54. The first-order valence-corrected chi connectivity index (χ1v) is 3.73. The second-order valence-electron chi connectivity index (χ2n) is 0.529. The van der Waals surface area contributed by atoms with Gasteiger partial charge >= 0.3 is 37.6 Å². The molecule has 10 heavy (non-hydrogen) atoms. The van der Waals surface area contributed by atoms with Crippen LogP contribution in [0, 0.1) is 0 Å². The van der Waals surface area contributed by atoms with Crippen molar-refractivity contribution in [3.63, 3.8) is 0 Å². The zero-order valence-corrected chi connectivity index (χ0v) is 8.76. The fourth-order valence-corrected chi connectivity index (χ4v) is 0.490. The average molecular weight is 369 g/mol. The molecule has 0 saturated heterocycles. The van der Waals surface area contributed by atoms with E-state index in [1.54, 1.807) is 0 Å². The van der Waals surface area contributed by atoms with Crippen molar-refractivity contribution in [2.75, 3.05) is 7.11 Å². The van der Waals surface area contributed by atoms with Crippen LogP contribution < -0.4 is 9.79 Å². The molecule has 0 fully saturated rings. The largest absolute Gasteiger partial charge is 2.00 e. The minimum absolute atomic E-state index is 0. The summed E-state index contributed by atoms with van der Waals surface area (Å²) in [4.78, 5) is 18.5. The van der Waals surface area contributed by atoms with Gasteiger partial charge in [-0.3, -0.25) is 0 Å². The summed E-state index contributed by atoms with van der Waals surface area (Å²) in [7, 11) is -5.47. The van der Waals surface area contributed by atoms with Gasteiger partial charge in [0.15, 0.2) is 0 Å². The van der Waals surface area contributed by atoms with E-state index < -0.39 is 16.5 Å². The monoisotopic (exact) mass is 369 g/mol. The Morgan fingerprint density at radius 2 is 1.40 bits per heavy atom. The quantitative estimate of drug-likeness (QED) is 0.603. The summed E-state index contributed by atoms with van der Waals surface area (Å²) < 4.78 is 21.6. The summed E-state index contributed by atoms with van der Waals surface area (Å²) in [6, 6.07) is 0. The van der Waals surface area contributed by atoms with Gasteiger partial charge in [0.1, 0.15) is 4.31 Å². The molecule has 0 aliphatic heterocycles. The normalized spacial score (nSPS) is 10.0. The molecule has 0 amide bonds. The molecule has 2 unspecified atom stereocenters. The third-order valence-corrected chi connectivity index (χ3v) is 1.20. The van der Waals surface area contributed by atoms with Gasteiger partial charge in [-0.2, -0.15) is 0 Å². The topological polar surface area (TPSA) is 110 Å². The summed E-state index contributed by atoms with van der Waals surface area (Å²) in [5.41, 5.74) is 0. The number of hydrogen-bond donors (Lipinski definition) is 1. The molecular formula is CH4O6P2Pt+2. The zero-order valence-electron chi connectivity index (χ0n) is 4.70. The van der Waals surface area contributed by atoms with Crippen molar-refractivity contribution in [3.8, 4) is 0 Å². The van der Waals surface area contributed by atoms with E-state index in [0.29, 0.717) is 0 Å². The van der Waals surface area contributed by atoms with Gasteiger partial charge in [0.25, 0.3) is 0 Å². The predicted molar refractivity (Wildman–Crippen MR) is 24.4 cm³/mol. The summed E-state index contributed by atoms with van der Waals surface area (Å²) >= 11 is 0. The van der Waals surface area contributed by atoms with Gasteiger partial charge in [-0.05, 0) is 9.13 Å². The van der Waals surface area contributed by atoms with Crippen molar-refractivity contribution in [1.82, 2.24) is 0 Å². The molecule has 0 saturated carbocycles.